The fourth-order valence-electron chi connectivity index (χ4n) is 1.50. The van der Waals surface area contributed by atoms with Crippen molar-refractivity contribution in [2.24, 2.45) is 0 Å². The summed E-state index contributed by atoms with van der Waals surface area (Å²) in [6.07, 6.45) is 1.93. The number of aromatic nitrogens is 2. The van der Waals surface area contributed by atoms with Gasteiger partial charge in [0, 0.05) is 24.3 Å². The number of thioether (sulfide) groups is 1. The maximum Gasteiger partial charge on any atom is 0.133 e. The molecule has 0 saturated heterocycles. The standard InChI is InChI=1S/C12H21N3OS/c1-4-6-10-14-11(13-5-2)9(3)12(15-10)17-8-7-16/h16H,4-8H2,1-3H3,(H,13,14,15). The first-order chi connectivity index (χ1) is 8.22. The molecule has 0 amide bonds. The van der Waals surface area contributed by atoms with E-state index in [1.807, 2.05) is 6.92 Å². The summed E-state index contributed by atoms with van der Waals surface area (Å²) in [4.78, 5) is 9.07. The van der Waals surface area contributed by atoms with Gasteiger partial charge < -0.3 is 10.4 Å². The molecular formula is C12H21N3OS. The summed E-state index contributed by atoms with van der Waals surface area (Å²) in [7, 11) is 0. The number of hydrogen-bond acceptors (Lipinski definition) is 5. The van der Waals surface area contributed by atoms with E-state index >= 15 is 0 Å². The van der Waals surface area contributed by atoms with Gasteiger partial charge in [-0.3, -0.25) is 0 Å². The molecule has 0 fully saturated rings. The Morgan fingerprint density at radius 2 is 2.06 bits per heavy atom. The third-order valence-electron chi connectivity index (χ3n) is 2.30. The lowest BCUT2D eigenvalue weighted by Gasteiger charge is -2.12. The van der Waals surface area contributed by atoms with Gasteiger partial charge in [0.25, 0.3) is 0 Å². The highest BCUT2D eigenvalue weighted by Crippen LogP contribution is 2.25. The molecule has 0 aliphatic heterocycles. The van der Waals surface area contributed by atoms with Crippen LogP contribution in [0.25, 0.3) is 0 Å². The molecule has 0 unspecified atom stereocenters. The van der Waals surface area contributed by atoms with Crippen LogP contribution >= 0.6 is 11.8 Å². The van der Waals surface area contributed by atoms with E-state index in [0.717, 1.165) is 41.6 Å². The lowest BCUT2D eigenvalue weighted by Crippen LogP contribution is -2.08. The van der Waals surface area contributed by atoms with Crippen molar-refractivity contribution in [3.63, 3.8) is 0 Å². The highest BCUT2D eigenvalue weighted by molar-refractivity contribution is 7.99. The predicted octanol–water partition coefficient (Wildman–Crippen LogP) is 2.25. The molecule has 1 rings (SSSR count). The maximum absolute atomic E-state index is 8.88. The van der Waals surface area contributed by atoms with Crippen molar-refractivity contribution in [3.8, 4) is 0 Å². The van der Waals surface area contributed by atoms with Gasteiger partial charge in [-0.25, -0.2) is 9.97 Å². The SMILES string of the molecule is CCCc1nc(NCC)c(C)c(SCCO)n1. The molecule has 5 heteroatoms. The number of aliphatic hydroxyl groups is 1. The van der Waals surface area contributed by atoms with E-state index in [4.69, 9.17) is 5.11 Å². The summed E-state index contributed by atoms with van der Waals surface area (Å²) < 4.78 is 0. The average molecular weight is 255 g/mol. The largest absolute Gasteiger partial charge is 0.396 e. The Labute approximate surface area is 107 Å². The van der Waals surface area contributed by atoms with Crippen molar-refractivity contribution in [2.75, 3.05) is 24.2 Å². The van der Waals surface area contributed by atoms with Gasteiger partial charge in [-0.05, 0) is 20.3 Å². The van der Waals surface area contributed by atoms with Crippen LogP contribution in [0, 0.1) is 6.92 Å². The van der Waals surface area contributed by atoms with Crippen LogP contribution in [0.2, 0.25) is 0 Å². The Morgan fingerprint density at radius 3 is 2.65 bits per heavy atom. The normalized spacial score (nSPS) is 10.6. The second-order valence-electron chi connectivity index (χ2n) is 3.77. The van der Waals surface area contributed by atoms with Crippen molar-refractivity contribution < 1.29 is 5.11 Å². The van der Waals surface area contributed by atoms with Gasteiger partial charge in [-0.2, -0.15) is 0 Å². The minimum absolute atomic E-state index is 0.174. The average Bonchev–Trinajstić information content (AvgIpc) is 2.32. The third kappa shape index (κ3) is 4.16. The number of nitrogens with one attached hydrogen (secondary N) is 1. The predicted molar refractivity (Wildman–Crippen MR) is 72.7 cm³/mol. The zero-order chi connectivity index (χ0) is 12.7. The van der Waals surface area contributed by atoms with Gasteiger partial charge >= 0.3 is 0 Å². The van der Waals surface area contributed by atoms with E-state index in [1.54, 1.807) is 11.8 Å². The summed E-state index contributed by atoms with van der Waals surface area (Å²) in [5.74, 6) is 2.48. The molecule has 1 aromatic rings. The number of rotatable bonds is 7. The van der Waals surface area contributed by atoms with E-state index in [2.05, 4.69) is 29.1 Å². The molecule has 0 aliphatic rings. The lowest BCUT2D eigenvalue weighted by molar-refractivity contribution is 0.322. The van der Waals surface area contributed by atoms with E-state index in [-0.39, 0.29) is 6.61 Å². The van der Waals surface area contributed by atoms with Crippen molar-refractivity contribution in [3.05, 3.63) is 11.4 Å². The van der Waals surface area contributed by atoms with Gasteiger partial charge in [0.15, 0.2) is 0 Å². The van der Waals surface area contributed by atoms with Gasteiger partial charge in [-0.15, -0.1) is 11.8 Å². The first-order valence-corrected chi connectivity index (χ1v) is 7.06. The number of anilines is 1. The fraction of sp³-hybridized carbons (Fsp3) is 0.667. The second kappa shape index (κ2) is 7.50. The Kier molecular flexibility index (Phi) is 6.29. The number of aryl methyl sites for hydroxylation is 1. The van der Waals surface area contributed by atoms with Crippen LogP contribution in [0.1, 0.15) is 31.7 Å². The molecule has 0 radical (unpaired) electrons. The fourth-order valence-corrected chi connectivity index (χ4v) is 2.27. The summed E-state index contributed by atoms with van der Waals surface area (Å²) in [5, 5.41) is 13.1. The minimum Gasteiger partial charge on any atom is -0.396 e. The third-order valence-corrected chi connectivity index (χ3v) is 3.35. The van der Waals surface area contributed by atoms with E-state index < -0.39 is 0 Å². The summed E-state index contributed by atoms with van der Waals surface area (Å²) in [5.41, 5.74) is 1.07. The molecule has 17 heavy (non-hydrogen) atoms. The van der Waals surface area contributed by atoms with Crippen molar-refractivity contribution in [2.45, 2.75) is 38.6 Å². The second-order valence-corrected chi connectivity index (χ2v) is 4.85. The van der Waals surface area contributed by atoms with Crippen LogP contribution in [-0.4, -0.2) is 34.0 Å². The Morgan fingerprint density at radius 1 is 1.29 bits per heavy atom. The molecule has 0 spiro atoms. The molecule has 1 heterocycles. The van der Waals surface area contributed by atoms with Crippen LogP contribution in [-0.2, 0) is 6.42 Å². The molecule has 0 saturated carbocycles. The van der Waals surface area contributed by atoms with Crippen LogP contribution in [0.5, 0.6) is 0 Å². The molecule has 2 N–H and O–H groups in total. The molecule has 4 nitrogen and oxygen atoms in total. The van der Waals surface area contributed by atoms with Crippen molar-refractivity contribution >= 4 is 17.6 Å². The summed E-state index contributed by atoms with van der Waals surface area (Å²) in [6.45, 7) is 7.23. The van der Waals surface area contributed by atoms with Crippen molar-refractivity contribution in [1.29, 1.82) is 0 Å². The van der Waals surface area contributed by atoms with Crippen LogP contribution in [0.15, 0.2) is 5.03 Å². The zero-order valence-corrected chi connectivity index (χ0v) is 11.6. The highest BCUT2D eigenvalue weighted by Gasteiger charge is 2.10. The number of aliphatic hydroxyl groups excluding tert-OH is 1. The smallest absolute Gasteiger partial charge is 0.133 e. The lowest BCUT2D eigenvalue weighted by atomic mass is 10.3. The molecule has 0 aromatic carbocycles. The highest BCUT2D eigenvalue weighted by atomic mass is 32.2. The molecule has 0 bridgehead atoms. The monoisotopic (exact) mass is 255 g/mol. The van der Waals surface area contributed by atoms with E-state index in [1.165, 1.54) is 0 Å². The Balaban J connectivity index is 2.99. The Hall–Kier alpha value is -0.810. The maximum atomic E-state index is 8.88. The van der Waals surface area contributed by atoms with Crippen LogP contribution in [0.3, 0.4) is 0 Å². The molecule has 1 aromatic heterocycles. The van der Waals surface area contributed by atoms with Gasteiger partial charge in [-0.1, -0.05) is 6.92 Å². The number of nitrogens with zero attached hydrogens (tertiary/aromatic N) is 2. The van der Waals surface area contributed by atoms with Crippen LogP contribution in [0.4, 0.5) is 5.82 Å². The van der Waals surface area contributed by atoms with Crippen LogP contribution < -0.4 is 5.32 Å². The molecule has 0 atom stereocenters. The molecular weight excluding hydrogens is 234 g/mol. The zero-order valence-electron chi connectivity index (χ0n) is 10.8. The topological polar surface area (TPSA) is 58.0 Å². The Bertz CT molecular complexity index is 358. The van der Waals surface area contributed by atoms with E-state index in [9.17, 15) is 0 Å². The quantitative estimate of drug-likeness (QED) is 0.578. The van der Waals surface area contributed by atoms with Gasteiger partial charge in [0.1, 0.15) is 16.7 Å². The van der Waals surface area contributed by atoms with E-state index in [0.29, 0.717) is 5.75 Å². The van der Waals surface area contributed by atoms with Crippen molar-refractivity contribution in [1.82, 2.24) is 9.97 Å². The van der Waals surface area contributed by atoms with Gasteiger partial charge in [0.05, 0.1) is 6.61 Å². The summed E-state index contributed by atoms with van der Waals surface area (Å²) in [6, 6.07) is 0. The summed E-state index contributed by atoms with van der Waals surface area (Å²) >= 11 is 1.59. The molecule has 0 aliphatic carbocycles. The first-order valence-electron chi connectivity index (χ1n) is 6.07. The first kappa shape index (κ1) is 14.3. The molecule has 96 valence electrons. The minimum atomic E-state index is 0.174. The number of hydrogen-bond donors (Lipinski definition) is 2. The van der Waals surface area contributed by atoms with Gasteiger partial charge in [0.2, 0.25) is 0 Å².